The van der Waals surface area contributed by atoms with Crippen molar-refractivity contribution in [2.75, 3.05) is 6.61 Å². The molecule has 0 aliphatic rings. The molecule has 2 N–H and O–H groups in total. The van der Waals surface area contributed by atoms with Crippen LogP contribution in [0.15, 0.2) is 48.5 Å². The van der Waals surface area contributed by atoms with E-state index in [4.69, 9.17) is 5.11 Å². The van der Waals surface area contributed by atoms with Crippen LogP contribution in [0.3, 0.4) is 0 Å². The molecule has 21 heavy (non-hydrogen) atoms. The van der Waals surface area contributed by atoms with E-state index in [-0.39, 0.29) is 6.61 Å². The number of aryl methyl sites for hydroxylation is 2. The Morgan fingerprint density at radius 2 is 1.81 bits per heavy atom. The number of hydrogen-bond acceptors (Lipinski definition) is 2. The largest absolute Gasteiger partial charge is 0.396 e. The van der Waals surface area contributed by atoms with Gasteiger partial charge in [0.2, 0.25) is 0 Å². The van der Waals surface area contributed by atoms with Crippen LogP contribution in [0.1, 0.15) is 41.1 Å². The van der Waals surface area contributed by atoms with Gasteiger partial charge in [-0.1, -0.05) is 54.1 Å². The van der Waals surface area contributed by atoms with E-state index in [9.17, 15) is 0 Å². The summed E-state index contributed by atoms with van der Waals surface area (Å²) in [7, 11) is 0. The highest BCUT2D eigenvalue weighted by Crippen LogP contribution is 2.19. The fraction of sp³-hybridized carbons (Fsp3) is 0.368. The zero-order valence-corrected chi connectivity index (χ0v) is 13.0. The molecule has 112 valence electrons. The molecule has 0 aromatic heterocycles. The predicted octanol–water partition coefficient (Wildman–Crippen LogP) is 3.91. The van der Waals surface area contributed by atoms with Gasteiger partial charge in [0.1, 0.15) is 0 Å². The third-order valence-corrected chi connectivity index (χ3v) is 3.89. The lowest BCUT2D eigenvalue weighted by Gasteiger charge is -2.20. The molecule has 1 atom stereocenters. The van der Waals surface area contributed by atoms with Crippen molar-refractivity contribution < 1.29 is 5.11 Å². The fourth-order valence-corrected chi connectivity index (χ4v) is 2.64. The normalized spacial score (nSPS) is 12.3. The Balaban J connectivity index is 2.05. The Labute approximate surface area is 127 Å². The molecule has 0 aliphatic heterocycles. The molecule has 2 nitrogen and oxygen atoms in total. The van der Waals surface area contributed by atoms with E-state index in [2.05, 4.69) is 61.6 Å². The molecule has 0 aliphatic carbocycles. The first-order valence-electron chi connectivity index (χ1n) is 7.66. The van der Waals surface area contributed by atoms with Gasteiger partial charge in [0, 0.05) is 19.2 Å². The second kappa shape index (κ2) is 7.96. The highest BCUT2D eigenvalue weighted by Gasteiger charge is 2.10. The van der Waals surface area contributed by atoms with Gasteiger partial charge in [-0.2, -0.15) is 0 Å². The zero-order chi connectivity index (χ0) is 15.1. The van der Waals surface area contributed by atoms with Gasteiger partial charge in [-0.25, -0.2) is 0 Å². The van der Waals surface area contributed by atoms with Crippen LogP contribution in [0.5, 0.6) is 0 Å². The van der Waals surface area contributed by atoms with Crippen molar-refractivity contribution in [1.29, 1.82) is 0 Å². The molecule has 0 saturated carbocycles. The molecule has 2 rings (SSSR count). The summed E-state index contributed by atoms with van der Waals surface area (Å²) in [5.41, 5.74) is 5.26. The van der Waals surface area contributed by atoms with Gasteiger partial charge in [-0.15, -0.1) is 0 Å². The van der Waals surface area contributed by atoms with Crippen LogP contribution in [-0.2, 0) is 6.54 Å². The van der Waals surface area contributed by atoms with Gasteiger partial charge in [0.15, 0.2) is 0 Å². The molecule has 0 saturated heterocycles. The van der Waals surface area contributed by atoms with Crippen LogP contribution < -0.4 is 5.32 Å². The van der Waals surface area contributed by atoms with Gasteiger partial charge in [0.25, 0.3) is 0 Å². The summed E-state index contributed by atoms with van der Waals surface area (Å²) < 4.78 is 0. The highest BCUT2D eigenvalue weighted by molar-refractivity contribution is 5.30. The Bertz CT molecular complexity index is 551. The van der Waals surface area contributed by atoms with Crippen molar-refractivity contribution in [2.24, 2.45) is 0 Å². The van der Waals surface area contributed by atoms with Crippen molar-refractivity contribution in [1.82, 2.24) is 5.32 Å². The van der Waals surface area contributed by atoms with Crippen LogP contribution >= 0.6 is 0 Å². The lowest BCUT2D eigenvalue weighted by Crippen LogP contribution is -2.21. The minimum Gasteiger partial charge on any atom is -0.396 e. The van der Waals surface area contributed by atoms with Crippen LogP contribution in [0.4, 0.5) is 0 Å². The number of nitrogens with one attached hydrogen (secondary N) is 1. The van der Waals surface area contributed by atoms with Crippen molar-refractivity contribution in [3.8, 4) is 0 Å². The average molecular weight is 283 g/mol. The molecule has 0 bridgehead atoms. The number of hydrogen-bond donors (Lipinski definition) is 2. The summed E-state index contributed by atoms with van der Waals surface area (Å²) in [4.78, 5) is 0. The Hall–Kier alpha value is -1.64. The van der Waals surface area contributed by atoms with Crippen molar-refractivity contribution >= 4 is 0 Å². The SMILES string of the molecule is Cc1ccc(CNC(CCCO)c2ccccc2)c(C)c1. The van der Waals surface area contributed by atoms with E-state index in [1.54, 1.807) is 0 Å². The monoisotopic (exact) mass is 283 g/mol. The van der Waals surface area contributed by atoms with E-state index in [1.165, 1.54) is 22.3 Å². The van der Waals surface area contributed by atoms with Crippen molar-refractivity contribution in [3.05, 3.63) is 70.8 Å². The van der Waals surface area contributed by atoms with Crippen molar-refractivity contribution in [3.63, 3.8) is 0 Å². The van der Waals surface area contributed by atoms with Crippen LogP contribution in [0, 0.1) is 13.8 Å². The third-order valence-electron chi connectivity index (χ3n) is 3.89. The second-order valence-electron chi connectivity index (χ2n) is 5.64. The Kier molecular flexibility index (Phi) is 5.97. The molecule has 2 heteroatoms. The Morgan fingerprint density at radius 1 is 1.05 bits per heavy atom. The number of aliphatic hydroxyl groups excluding tert-OH is 1. The molecule has 0 amide bonds. The minimum atomic E-state index is 0.245. The maximum absolute atomic E-state index is 9.09. The van der Waals surface area contributed by atoms with Gasteiger partial charge in [0.05, 0.1) is 0 Å². The topological polar surface area (TPSA) is 32.3 Å². The van der Waals surface area contributed by atoms with E-state index < -0.39 is 0 Å². The van der Waals surface area contributed by atoms with E-state index in [0.29, 0.717) is 6.04 Å². The number of benzene rings is 2. The summed E-state index contributed by atoms with van der Waals surface area (Å²) in [6.07, 6.45) is 1.77. The predicted molar refractivity (Wildman–Crippen MR) is 88.3 cm³/mol. The summed E-state index contributed by atoms with van der Waals surface area (Å²) in [5.74, 6) is 0. The number of rotatable bonds is 7. The minimum absolute atomic E-state index is 0.245. The molecular formula is C19H25NO. The maximum Gasteiger partial charge on any atom is 0.0431 e. The molecule has 0 radical (unpaired) electrons. The standard InChI is InChI=1S/C19H25NO/c1-15-10-11-18(16(2)13-15)14-20-19(9-6-12-21)17-7-4-3-5-8-17/h3-5,7-8,10-11,13,19-21H,6,9,12,14H2,1-2H3. The third kappa shape index (κ3) is 4.69. The van der Waals surface area contributed by atoms with Gasteiger partial charge < -0.3 is 10.4 Å². The van der Waals surface area contributed by atoms with Crippen LogP contribution in [0.25, 0.3) is 0 Å². The second-order valence-corrected chi connectivity index (χ2v) is 5.64. The van der Waals surface area contributed by atoms with E-state index >= 15 is 0 Å². The first-order valence-corrected chi connectivity index (χ1v) is 7.66. The fourth-order valence-electron chi connectivity index (χ4n) is 2.64. The molecule has 0 fully saturated rings. The van der Waals surface area contributed by atoms with Gasteiger partial charge in [-0.05, 0) is 43.4 Å². The van der Waals surface area contributed by atoms with Crippen molar-refractivity contribution in [2.45, 2.75) is 39.3 Å². The maximum atomic E-state index is 9.09. The lowest BCUT2D eigenvalue weighted by atomic mass is 10.0. The summed E-state index contributed by atoms with van der Waals surface area (Å²) >= 11 is 0. The molecular weight excluding hydrogens is 258 g/mol. The first kappa shape index (κ1) is 15.7. The highest BCUT2D eigenvalue weighted by atomic mass is 16.2. The van der Waals surface area contributed by atoms with Gasteiger partial charge >= 0.3 is 0 Å². The summed E-state index contributed by atoms with van der Waals surface area (Å²) in [6.45, 7) is 5.39. The molecule has 1 unspecified atom stereocenters. The molecule has 2 aromatic carbocycles. The zero-order valence-electron chi connectivity index (χ0n) is 13.0. The van der Waals surface area contributed by atoms with Gasteiger partial charge in [-0.3, -0.25) is 0 Å². The summed E-state index contributed by atoms with van der Waals surface area (Å²) in [6, 6.07) is 17.4. The molecule has 2 aromatic rings. The smallest absolute Gasteiger partial charge is 0.0431 e. The van der Waals surface area contributed by atoms with E-state index in [1.807, 2.05) is 6.07 Å². The summed E-state index contributed by atoms with van der Waals surface area (Å²) in [5, 5.41) is 12.7. The van der Waals surface area contributed by atoms with Crippen LogP contribution in [-0.4, -0.2) is 11.7 Å². The van der Waals surface area contributed by atoms with Crippen LogP contribution in [0.2, 0.25) is 0 Å². The molecule has 0 heterocycles. The average Bonchev–Trinajstić information content (AvgIpc) is 2.50. The Morgan fingerprint density at radius 3 is 2.48 bits per heavy atom. The van der Waals surface area contributed by atoms with E-state index in [0.717, 1.165) is 19.4 Å². The molecule has 0 spiro atoms. The quantitative estimate of drug-likeness (QED) is 0.807. The first-order chi connectivity index (χ1) is 10.2. The lowest BCUT2D eigenvalue weighted by molar-refractivity contribution is 0.275. The number of aliphatic hydroxyl groups is 1.